The third-order valence-electron chi connectivity index (χ3n) is 7.02. The van der Waals surface area contributed by atoms with Crippen molar-refractivity contribution in [2.45, 2.75) is 72.0 Å². The molecule has 0 fully saturated rings. The summed E-state index contributed by atoms with van der Waals surface area (Å²) < 4.78 is 41.5. The Morgan fingerprint density at radius 2 is 1.76 bits per heavy atom. The summed E-state index contributed by atoms with van der Waals surface area (Å²) in [6.45, 7) is 9.65. The Hall–Kier alpha value is -3.64. The number of halogens is 5. The van der Waals surface area contributed by atoms with Crippen LogP contribution in [0.2, 0.25) is 10.0 Å². The van der Waals surface area contributed by atoms with Gasteiger partial charge in [0.25, 0.3) is 11.8 Å². The number of benzene rings is 1. The van der Waals surface area contributed by atoms with Crippen LogP contribution in [0.15, 0.2) is 35.6 Å². The lowest BCUT2D eigenvalue weighted by Crippen LogP contribution is -2.45. The van der Waals surface area contributed by atoms with E-state index in [1.54, 1.807) is 0 Å². The van der Waals surface area contributed by atoms with E-state index in [4.69, 9.17) is 23.2 Å². The molecule has 226 valence electrons. The lowest BCUT2D eigenvalue weighted by atomic mass is 9.93. The highest BCUT2D eigenvalue weighted by Crippen LogP contribution is 2.38. The van der Waals surface area contributed by atoms with Gasteiger partial charge in [-0.2, -0.15) is 18.3 Å². The predicted molar refractivity (Wildman–Crippen MR) is 155 cm³/mol. The van der Waals surface area contributed by atoms with Crippen molar-refractivity contribution in [2.24, 2.45) is 5.16 Å². The number of rotatable bonds is 7. The molecule has 2 aromatic heterocycles. The van der Waals surface area contributed by atoms with Crippen LogP contribution in [0.25, 0.3) is 5.82 Å². The number of carbonyl (C=O) groups excluding carboxylic acids is 2. The molecule has 9 nitrogen and oxygen atoms in total. The Morgan fingerprint density at radius 1 is 1.10 bits per heavy atom. The molecule has 2 amide bonds. The van der Waals surface area contributed by atoms with Crippen LogP contribution in [-0.2, 0) is 12.6 Å². The molecule has 0 bridgehead atoms. The molecule has 4 rings (SSSR count). The van der Waals surface area contributed by atoms with Crippen molar-refractivity contribution in [1.82, 2.24) is 20.1 Å². The molecule has 0 saturated heterocycles. The SMILES string of the molecule is CC.CCC(C)(CC)NC(=O)c1c(NC(=O)c2cc(C(F)(F)F)nn2-c2ncccc2Cl)c(Cl)cc2c1/C(=N/O)CC2. The number of nitrogens with zero attached hydrogens (tertiary/aromatic N) is 4. The van der Waals surface area contributed by atoms with Crippen LogP contribution in [0.3, 0.4) is 0 Å². The molecule has 14 heteroatoms. The van der Waals surface area contributed by atoms with Crippen LogP contribution in [0.5, 0.6) is 0 Å². The molecule has 42 heavy (non-hydrogen) atoms. The van der Waals surface area contributed by atoms with E-state index in [9.17, 15) is 28.0 Å². The van der Waals surface area contributed by atoms with Gasteiger partial charge in [-0.05, 0) is 56.4 Å². The van der Waals surface area contributed by atoms with E-state index in [1.165, 1.54) is 24.4 Å². The van der Waals surface area contributed by atoms with E-state index in [0.29, 0.717) is 47.6 Å². The van der Waals surface area contributed by atoms with E-state index in [1.807, 2.05) is 34.6 Å². The fourth-order valence-corrected chi connectivity index (χ4v) is 4.85. The first-order valence-electron chi connectivity index (χ1n) is 13.3. The van der Waals surface area contributed by atoms with E-state index in [2.05, 4.69) is 25.9 Å². The Balaban J connectivity index is 0.00000237. The Morgan fingerprint density at radius 3 is 2.33 bits per heavy atom. The fourth-order valence-electron chi connectivity index (χ4n) is 4.37. The minimum atomic E-state index is -4.88. The zero-order valence-electron chi connectivity index (χ0n) is 23.7. The highest BCUT2D eigenvalue weighted by Gasteiger charge is 2.38. The van der Waals surface area contributed by atoms with Gasteiger partial charge in [-0.1, -0.05) is 56.1 Å². The predicted octanol–water partition coefficient (Wildman–Crippen LogP) is 7.30. The van der Waals surface area contributed by atoms with Crippen molar-refractivity contribution in [2.75, 3.05) is 5.32 Å². The fraction of sp³-hybridized carbons (Fsp3) is 0.393. The number of aromatic nitrogens is 3. The molecule has 0 spiro atoms. The Bertz CT molecular complexity index is 1520. The van der Waals surface area contributed by atoms with Crippen molar-refractivity contribution >= 4 is 46.4 Å². The van der Waals surface area contributed by atoms with Gasteiger partial charge in [0.05, 0.1) is 27.0 Å². The average Bonchev–Trinajstić information content (AvgIpc) is 3.59. The van der Waals surface area contributed by atoms with Gasteiger partial charge >= 0.3 is 6.18 Å². The molecule has 2 heterocycles. The number of fused-ring (bicyclic) bond motifs is 1. The first kappa shape index (κ1) is 32.9. The van der Waals surface area contributed by atoms with Gasteiger partial charge < -0.3 is 15.8 Å². The standard InChI is InChI=1S/C26H25Cl2F3N6O3.C2H6/c1-4-25(3,5-2)34-24(39)20-19-13(8-9-16(19)36-40)11-15(28)21(20)33-23(38)17-12-18(26(29,30)31)35-37(17)22-14(27)7-6-10-32-22;1-2/h6-7,10-12,40H,4-5,8-9H2,1-3H3,(H,33,38)(H,34,39);1-2H3/b36-16+;. The van der Waals surface area contributed by atoms with E-state index in [0.717, 1.165) is 0 Å². The number of hydrogen-bond acceptors (Lipinski definition) is 6. The van der Waals surface area contributed by atoms with Crippen LogP contribution in [0.4, 0.5) is 18.9 Å². The number of hydrogen-bond donors (Lipinski definition) is 3. The third-order valence-corrected chi connectivity index (χ3v) is 7.61. The van der Waals surface area contributed by atoms with Gasteiger partial charge in [-0.3, -0.25) is 9.59 Å². The summed E-state index contributed by atoms with van der Waals surface area (Å²) in [6.07, 6.45) is -1.67. The van der Waals surface area contributed by atoms with Gasteiger partial charge in [-0.15, -0.1) is 0 Å². The zero-order chi connectivity index (χ0) is 31.4. The Kier molecular flexibility index (Phi) is 10.3. The average molecular weight is 627 g/mol. The quantitative estimate of drug-likeness (QED) is 0.188. The molecule has 0 unspecified atom stereocenters. The smallest absolute Gasteiger partial charge is 0.411 e. The number of oxime groups is 1. The summed E-state index contributed by atoms with van der Waals surface area (Å²) in [7, 11) is 0. The van der Waals surface area contributed by atoms with Crippen LogP contribution >= 0.6 is 23.2 Å². The van der Waals surface area contributed by atoms with E-state index in [-0.39, 0.29) is 32.8 Å². The lowest BCUT2D eigenvalue weighted by Gasteiger charge is -2.29. The number of amides is 2. The van der Waals surface area contributed by atoms with Crippen LogP contribution in [0, 0.1) is 0 Å². The van der Waals surface area contributed by atoms with Gasteiger partial charge in [0.15, 0.2) is 11.5 Å². The van der Waals surface area contributed by atoms with Crippen LogP contribution in [-0.4, -0.2) is 43.0 Å². The zero-order valence-corrected chi connectivity index (χ0v) is 25.2. The second-order valence-corrected chi connectivity index (χ2v) is 10.3. The molecule has 3 aromatic rings. The number of anilines is 1. The molecule has 0 aliphatic heterocycles. The molecule has 0 radical (unpaired) electrons. The topological polar surface area (TPSA) is 122 Å². The second kappa shape index (κ2) is 13.1. The second-order valence-electron chi connectivity index (χ2n) is 9.50. The first-order chi connectivity index (χ1) is 19.8. The maximum Gasteiger partial charge on any atom is 0.435 e. The maximum atomic E-state index is 13.7. The van der Waals surface area contributed by atoms with Gasteiger partial charge in [0, 0.05) is 23.4 Å². The molecular formula is C28H31Cl2F3N6O3. The number of carbonyl (C=O) groups is 2. The summed E-state index contributed by atoms with van der Waals surface area (Å²) in [6, 6.07) is 4.92. The number of alkyl halides is 3. The van der Waals surface area contributed by atoms with E-state index < -0.39 is 34.9 Å². The minimum Gasteiger partial charge on any atom is -0.411 e. The summed E-state index contributed by atoms with van der Waals surface area (Å²) in [5.41, 5.74) is -1.61. The number of aryl methyl sites for hydroxylation is 1. The summed E-state index contributed by atoms with van der Waals surface area (Å²) in [4.78, 5) is 31.2. The molecule has 0 saturated carbocycles. The molecular weight excluding hydrogens is 596 g/mol. The molecule has 0 atom stereocenters. The van der Waals surface area contributed by atoms with Crippen molar-refractivity contribution in [3.8, 4) is 5.82 Å². The van der Waals surface area contributed by atoms with Gasteiger partial charge in [0.1, 0.15) is 5.69 Å². The first-order valence-corrected chi connectivity index (χ1v) is 14.1. The van der Waals surface area contributed by atoms with Crippen molar-refractivity contribution in [3.05, 3.63) is 68.6 Å². The van der Waals surface area contributed by atoms with Crippen molar-refractivity contribution in [1.29, 1.82) is 0 Å². The highest BCUT2D eigenvalue weighted by molar-refractivity contribution is 6.36. The van der Waals surface area contributed by atoms with Crippen LogP contribution < -0.4 is 10.6 Å². The highest BCUT2D eigenvalue weighted by atomic mass is 35.5. The largest absolute Gasteiger partial charge is 0.435 e. The monoisotopic (exact) mass is 626 g/mol. The maximum absolute atomic E-state index is 13.7. The number of pyridine rings is 1. The Labute approximate surface area is 251 Å². The minimum absolute atomic E-state index is 0.0240. The van der Waals surface area contributed by atoms with E-state index >= 15 is 0 Å². The number of nitrogens with one attached hydrogen (secondary N) is 2. The summed E-state index contributed by atoms with van der Waals surface area (Å²) in [5, 5.41) is 21.9. The van der Waals surface area contributed by atoms with Gasteiger partial charge in [-0.25, -0.2) is 9.67 Å². The molecule has 1 aliphatic carbocycles. The molecule has 1 aromatic carbocycles. The molecule has 3 N–H and O–H groups in total. The summed E-state index contributed by atoms with van der Waals surface area (Å²) in [5.74, 6) is -1.87. The summed E-state index contributed by atoms with van der Waals surface area (Å²) >= 11 is 12.7. The van der Waals surface area contributed by atoms with Crippen LogP contribution in [0.1, 0.15) is 91.5 Å². The van der Waals surface area contributed by atoms with Gasteiger partial charge in [0.2, 0.25) is 0 Å². The normalized spacial score (nSPS) is 13.8. The van der Waals surface area contributed by atoms with Crippen molar-refractivity contribution in [3.63, 3.8) is 0 Å². The van der Waals surface area contributed by atoms with Crippen molar-refractivity contribution < 1.29 is 28.0 Å². The lowest BCUT2D eigenvalue weighted by molar-refractivity contribution is -0.141. The molecule has 1 aliphatic rings. The third kappa shape index (κ3) is 6.54.